The van der Waals surface area contributed by atoms with E-state index in [1.807, 2.05) is 0 Å². The molecule has 0 bridgehead atoms. The van der Waals surface area contributed by atoms with Gasteiger partial charge in [-0.1, -0.05) is 30.3 Å². The van der Waals surface area contributed by atoms with E-state index in [-0.39, 0.29) is 6.61 Å². The highest BCUT2D eigenvalue weighted by Crippen LogP contribution is 2.36. The van der Waals surface area contributed by atoms with Crippen molar-refractivity contribution in [3.63, 3.8) is 0 Å². The SMILES string of the molecule is OCc1ccc(-c2ccc(OC(F)(F)F)c(OCC(F)F)c2)cc1. The zero-order chi connectivity index (χ0) is 17.7. The van der Waals surface area contributed by atoms with Crippen LogP contribution in [0.2, 0.25) is 0 Å². The number of benzene rings is 2. The molecule has 0 saturated carbocycles. The summed E-state index contributed by atoms with van der Waals surface area (Å²) in [4.78, 5) is 0. The van der Waals surface area contributed by atoms with Gasteiger partial charge in [0.15, 0.2) is 11.5 Å². The van der Waals surface area contributed by atoms with Crippen molar-refractivity contribution >= 4 is 0 Å². The number of hydrogen-bond donors (Lipinski definition) is 1. The van der Waals surface area contributed by atoms with Gasteiger partial charge in [-0.2, -0.15) is 0 Å². The molecular formula is C16H13F5O3. The quantitative estimate of drug-likeness (QED) is 0.787. The molecule has 2 rings (SSSR count). The molecular weight excluding hydrogens is 335 g/mol. The number of ether oxygens (including phenoxy) is 2. The largest absolute Gasteiger partial charge is 0.573 e. The first-order valence-corrected chi connectivity index (χ1v) is 6.79. The fourth-order valence-corrected chi connectivity index (χ4v) is 1.96. The summed E-state index contributed by atoms with van der Waals surface area (Å²) >= 11 is 0. The maximum absolute atomic E-state index is 12.4. The predicted molar refractivity (Wildman–Crippen MR) is 76.0 cm³/mol. The summed E-state index contributed by atoms with van der Waals surface area (Å²) in [6.07, 6.45) is -7.80. The van der Waals surface area contributed by atoms with Gasteiger partial charge in [0.25, 0.3) is 6.43 Å². The van der Waals surface area contributed by atoms with Crippen LogP contribution in [-0.2, 0) is 6.61 Å². The van der Waals surface area contributed by atoms with Crippen molar-refractivity contribution in [3.8, 4) is 22.6 Å². The van der Waals surface area contributed by atoms with Crippen LogP contribution in [0.25, 0.3) is 11.1 Å². The van der Waals surface area contributed by atoms with Crippen LogP contribution >= 0.6 is 0 Å². The van der Waals surface area contributed by atoms with E-state index in [4.69, 9.17) is 9.84 Å². The molecule has 0 radical (unpaired) electrons. The van der Waals surface area contributed by atoms with E-state index in [1.54, 1.807) is 24.3 Å². The zero-order valence-electron chi connectivity index (χ0n) is 12.2. The van der Waals surface area contributed by atoms with E-state index in [2.05, 4.69) is 4.74 Å². The number of halogens is 5. The first-order valence-electron chi connectivity index (χ1n) is 6.79. The minimum absolute atomic E-state index is 0.151. The van der Waals surface area contributed by atoms with Gasteiger partial charge in [-0.05, 0) is 28.8 Å². The predicted octanol–water partition coefficient (Wildman–Crippen LogP) is 4.39. The lowest BCUT2D eigenvalue weighted by atomic mass is 10.0. The van der Waals surface area contributed by atoms with Gasteiger partial charge in [0, 0.05) is 0 Å². The van der Waals surface area contributed by atoms with E-state index in [1.165, 1.54) is 12.1 Å². The van der Waals surface area contributed by atoms with E-state index < -0.39 is 30.9 Å². The highest BCUT2D eigenvalue weighted by atomic mass is 19.4. The molecule has 24 heavy (non-hydrogen) atoms. The molecule has 0 spiro atoms. The third-order valence-electron chi connectivity index (χ3n) is 3.00. The molecule has 0 fully saturated rings. The van der Waals surface area contributed by atoms with Crippen molar-refractivity contribution in [2.24, 2.45) is 0 Å². The topological polar surface area (TPSA) is 38.7 Å². The Morgan fingerprint density at radius 1 is 0.917 bits per heavy atom. The third-order valence-corrected chi connectivity index (χ3v) is 3.00. The maximum Gasteiger partial charge on any atom is 0.573 e. The Morgan fingerprint density at radius 3 is 2.08 bits per heavy atom. The van der Waals surface area contributed by atoms with Gasteiger partial charge < -0.3 is 14.6 Å². The molecule has 0 atom stereocenters. The molecule has 3 nitrogen and oxygen atoms in total. The van der Waals surface area contributed by atoms with E-state index in [0.717, 1.165) is 6.07 Å². The van der Waals surface area contributed by atoms with Gasteiger partial charge in [0.1, 0.15) is 6.61 Å². The van der Waals surface area contributed by atoms with Gasteiger partial charge in [-0.3, -0.25) is 0 Å². The zero-order valence-corrected chi connectivity index (χ0v) is 12.2. The van der Waals surface area contributed by atoms with Crippen molar-refractivity contribution in [1.82, 2.24) is 0 Å². The maximum atomic E-state index is 12.4. The first-order chi connectivity index (χ1) is 11.3. The summed E-state index contributed by atoms with van der Waals surface area (Å²) in [6, 6.07) is 10.1. The standard InChI is InChI=1S/C16H13F5O3/c17-15(18)9-23-14-7-12(5-6-13(14)24-16(19,20)21)11-3-1-10(8-22)2-4-11/h1-7,15,22H,8-9H2. The second-order valence-corrected chi connectivity index (χ2v) is 4.77. The van der Waals surface area contributed by atoms with Crippen LogP contribution in [0.1, 0.15) is 5.56 Å². The van der Waals surface area contributed by atoms with Crippen molar-refractivity contribution < 1.29 is 36.5 Å². The Kier molecular flexibility index (Phi) is 5.61. The summed E-state index contributed by atoms with van der Waals surface area (Å²) in [7, 11) is 0. The second-order valence-electron chi connectivity index (χ2n) is 4.77. The van der Waals surface area contributed by atoms with E-state index in [0.29, 0.717) is 16.7 Å². The molecule has 0 aliphatic heterocycles. The average Bonchev–Trinajstić information content (AvgIpc) is 2.52. The minimum atomic E-state index is -4.97. The number of hydrogen-bond acceptors (Lipinski definition) is 3. The van der Waals surface area contributed by atoms with Gasteiger partial charge >= 0.3 is 6.36 Å². The Labute approximate surface area is 134 Å². The highest BCUT2D eigenvalue weighted by molar-refractivity contribution is 5.67. The van der Waals surface area contributed by atoms with Crippen LogP contribution in [0.4, 0.5) is 22.0 Å². The second kappa shape index (κ2) is 7.48. The normalized spacial score (nSPS) is 11.6. The van der Waals surface area contributed by atoms with Crippen molar-refractivity contribution in [2.75, 3.05) is 6.61 Å². The van der Waals surface area contributed by atoms with Crippen LogP contribution in [-0.4, -0.2) is 24.5 Å². The van der Waals surface area contributed by atoms with Crippen LogP contribution in [0.15, 0.2) is 42.5 Å². The van der Waals surface area contributed by atoms with Gasteiger partial charge in [0.05, 0.1) is 6.61 Å². The molecule has 0 aromatic heterocycles. The third kappa shape index (κ3) is 5.09. The fraction of sp³-hybridized carbons (Fsp3) is 0.250. The monoisotopic (exact) mass is 348 g/mol. The summed E-state index contributed by atoms with van der Waals surface area (Å²) in [5.41, 5.74) is 1.73. The summed E-state index contributed by atoms with van der Waals surface area (Å²) < 4.78 is 70.2. The van der Waals surface area contributed by atoms with Crippen molar-refractivity contribution in [2.45, 2.75) is 19.4 Å². The summed E-state index contributed by atoms with van der Waals surface area (Å²) in [6.45, 7) is -1.21. The molecule has 0 unspecified atom stereocenters. The Balaban J connectivity index is 2.34. The summed E-state index contributed by atoms with van der Waals surface area (Å²) in [5, 5.41) is 9.00. The fourth-order valence-electron chi connectivity index (χ4n) is 1.96. The molecule has 0 aliphatic carbocycles. The van der Waals surface area contributed by atoms with Crippen LogP contribution in [0.5, 0.6) is 11.5 Å². The lowest BCUT2D eigenvalue weighted by Gasteiger charge is -2.15. The van der Waals surface area contributed by atoms with Gasteiger partial charge in [-0.15, -0.1) is 13.2 Å². The number of aliphatic hydroxyl groups is 1. The highest BCUT2D eigenvalue weighted by Gasteiger charge is 2.32. The lowest BCUT2D eigenvalue weighted by molar-refractivity contribution is -0.275. The summed E-state index contributed by atoms with van der Waals surface area (Å²) in [5.74, 6) is -1.13. The minimum Gasteiger partial charge on any atom is -0.484 e. The Bertz CT molecular complexity index is 668. The Morgan fingerprint density at radius 2 is 1.54 bits per heavy atom. The molecule has 2 aromatic carbocycles. The molecule has 0 heterocycles. The number of alkyl halides is 5. The molecule has 0 saturated heterocycles. The van der Waals surface area contributed by atoms with Crippen LogP contribution < -0.4 is 9.47 Å². The van der Waals surface area contributed by atoms with Crippen LogP contribution in [0, 0.1) is 0 Å². The number of aliphatic hydroxyl groups excluding tert-OH is 1. The van der Waals surface area contributed by atoms with Gasteiger partial charge in [-0.25, -0.2) is 8.78 Å². The van der Waals surface area contributed by atoms with Crippen LogP contribution in [0.3, 0.4) is 0 Å². The number of rotatable bonds is 6. The average molecular weight is 348 g/mol. The Hall–Kier alpha value is -2.35. The van der Waals surface area contributed by atoms with E-state index in [9.17, 15) is 22.0 Å². The molecule has 8 heteroatoms. The molecule has 2 aromatic rings. The first kappa shape index (κ1) is 18.0. The molecule has 0 amide bonds. The molecule has 0 aliphatic rings. The molecule has 1 N–H and O–H groups in total. The van der Waals surface area contributed by atoms with Gasteiger partial charge in [0.2, 0.25) is 0 Å². The smallest absolute Gasteiger partial charge is 0.484 e. The van der Waals surface area contributed by atoms with Crippen molar-refractivity contribution in [3.05, 3.63) is 48.0 Å². The van der Waals surface area contributed by atoms with E-state index >= 15 is 0 Å². The van der Waals surface area contributed by atoms with Crippen molar-refractivity contribution in [1.29, 1.82) is 0 Å². The lowest BCUT2D eigenvalue weighted by Crippen LogP contribution is -2.18. The molecule has 130 valence electrons.